The molecule has 2 aromatic heterocycles. The number of anilines is 3. The fourth-order valence-corrected chi connectivity index (χ4v) is 3.34. The van der Waals surface area contributed by atoms with Crippen molar-refractivity contribution in [1.82, 2.24) is 25.3 Å². The quantitative estimate of drug-likeness (QED) is 0.314. The lowest BCUT2D eigenvalue weighted by Crippen LogP contribution is -2.40. The number of aromatic nitrogens is 4. The first-order valence-corrected chi connectivity index (χ1v) is 10.9. The maximum absolute atomic E-state index is 12.5. The van der Waals surface area contributed by atoms with Gasteiger partial charge in [0.2, 0.25) is 5.95 Å². The molecule has 1 aromatic carbocycles. The molecule has 11 nitrogen and oxygen atoms in total. The Kier molecular flexibility index (Phi) is 7.44. The molecule has 1 amide bonds. The van der Waals surface area contributed by atoms with Crippen molar-refractivity contribution in [1.29, 1.82) is 0 Å². The molecule has 3 aromatic rings. The minimum Gasteiger partial charge on any atom is -0.480 e. The highest BCUT2D eigenvalue weighted by molar-refractivity contribution is 5.96. The highest BCUT2D eigenvalue weighted by Crippen LogP contribution is 2.22. The number of carboxylic acid groups (broad SMARTS) is 1. The monoisotopic (exact) mass is 466 g/mol. The molecule has 0 aliphatic carbocycles. The van der Waals surface area contributed by atoms with Gasteiger partial charge in [0.05, 0.1) is 18.4 Å². The van der Waals surface area contributed by atoms with Crippen LogP contribution < -0.4 is 22.1 Å². The van der Waals surface area contributed by atoms with Gasteiger partial charge >= 0.3 is 5.97 Å². The van der Waals surface area contributed by atoms with Crippen LogP contribution in [-0.2, 0) is 11.3 Å². The van der Waals surface area contributed by atoms with Gasteiger partial charge in [0.25, 0.3) is 5.91 Å². The Labute approximate surface area is 197 Å². The molecule has 1 atom stereocenters. The first kappa shape index (κ1) is 24.6. The van der Waals surface area contributed by atoms with Crippen LogP contribution in [0.2, 0.25) is 0 Å². The number of benzene rings is 1. The number of carbonyl (C=O) groups excluding carboxylic acids is 1. The van der Waals surface area contributed by atoms with E-state index in [0.29, 0.717) is 41.8 Å². The van der Waals surface area contributed by atoms with Gasteiger partial charge in [0, 0.05) is 11.3 Å². The van der Waals surface area contributed by atoms with Crippen LogP contribution in [0.15, 0.2) is 30.5 Å². The molecule has 0 aliphatic rings. The number of hydrogen-bond acceptors (Lipinski definition) is 9. The third-order valence-corrected chi connectivity index (χ3v) is 5.14. The van der Waals surface area contributed by atoms with Crippen LogP contribution in [0.5, 0.6) is 0 Å². The van der Waals surface area contributed by atoms with Gasteiger partial charge in [-0.3, -0.25) is 4.79 Å². The van der Waals surface area contributed by atoms with Crippen molar-refractivity contribution in [3.8, 4) is 0 Å². The number of nitrogens with two attached hydrogens (primary N) is 2. The van der Waals surface area contributed by atoms with E-state index in [0.717, 1.165) is 12.1 Å². The Morgan fingerprint density at radius 3 is 2.44 bits per heavy atom. The number of rotatable bonds is 9. The van der Waals surface area contributed by atoms with Crippen LogP contribution in [-0.4, -0.2) is 43.0 Å². The van der Waals surface area contributed by atoms with E-state index in [-0.39, 0.29) is 17.2 Å². The smallest absolute Gasteiger partial charge is 0.326 e. The molecule has 0 saturated heterocycles. The highest BCUT2D eigenvalue weighted by atomic mass is 16.4. The standard InChI is InChI=1S/C23H30N8O3/c1-23(2,3)10-4-5-16(21(33)34)29-20(32)13-6-8-14(9-7-13)26-11-15-12-27-19-17(28-15)18(24)30-22(25)31-19/h6-9,12,16,26H,4-5,10-11H2,1-3H3,(H,29,32)(H,33,34)(H4,24,25,27,30,31)/t16-/m0/s1. The molecule has 11 heteroatoms. The predicted molar refractivity (Wildman–Crippen MR) is 130 cm³/mol. The number of carbonyl (C=O) groups is 2. The third kappa shape index (κ3) is 6.74. The van der Waals surface area contributed by atoms with Crippen LogP contribution in [0.3, 0.4) is 0 Å². The topological polar surface area (TPSA) is 182 Å². The van der Waals surface area contributed by atoms with Crippen molar-refractivity contribution in [2.24, 2.45) is 5.41 Å². The molecular weight excluding hydrogens is 436 g/mol. The molecule has 34 heavy (non-hydrogen) atoms. The molecule has 180 valence electrons. The molecule has 0 unspecified atom stereocenters. The van der Waals surface area contributed by atoms with Crippen molar-refractivity contribution in [2.75, 3.05) is 16.8 Å². The van der Waals surface area contributed by atoms with Gasteiger partial charge in [-0.25, -0.2) is 14.8 Å². The Morgan fingerprint density at radius 2 is 1.79 bits per heavy atom. The minimum atomic E-state index is -1.04. The summed E-state index contributed by atoms with van der Waals surface area (Å²) in [6, 6.07) is 5.80. The lowest BCUT2D eigenvalue weighted by molar-refractivity contribution is -0.139. The van der Waals surface area contributed by atoms with Crippen LogP contribution in [0.1, 0.15) is 56.1 Å². The summed E-state index contributed by atoms with van der Waals surface area (Å²) in [7, 11) is 0. The van der Waals surface area contributed by atoms with E-state index < -0.39 is 17.9 Å². The number of nitrogen functional groups attached to an aromatic ring is 2. The second kappa shape index (κ2) is 10.3. The number of fused-ring (bicyclic) bond motifs is 1. The summed E-state index contributed by atoms with van der Waals surface area (Å²) in [4.78, 5) is 40.6. The summed E-state index contributed by atoms with van der Waals surface area (Å²) in [5.41, 5.74) is 14.0. The zero-order valence-electron chi connectivity index (χ0n) is 19.5. The average Bonchev–Trinajstić information content (AvgIpc) is 2.76. The van der Waals surface area contributed by atoms with Gasteiger partial charge in [0.1, 0.15) is 6.04 Å². The van der Waals surface area contributed by atoms with Crippen LogP contribution in [0.4, 0.5) is 17.5 Å². The highest BCUT2D eigenvalue weighted by Gasteiger charge is 2.21. The average molecular weight is 467 g/mol. The largest absolute Gasteiger partial charge is 0.480 e. The Bertz CT molecular complexity index is 1180. The lowest BCUT2D eigenvalue weighted by atomic mass is 9.89. The molecule has 0 bridgehead atoms. The second-order valence-corrected chi connectivity index (χ2v) is 9.25. The molecule has 2 heterocycles. The van der Waals surface area contributed by atoms with E-state index >= 15 is 0 Å². The summed E-state index contributed by atoms with van der Waals surface area (Å²) in [5, 5.41) is 15.3. The van der Waals surface area contributed by atoms with Crippen molar-refractivity contribution >= 4 is 40.5 Å². The fraction of sp³-hybridized carbons (Fsp3) is 0.391. The number of hydrogen-bond donors (Lipinski definition) is 5. The van der Waals surface area contributed by atoms with Crippen molar-refractivity contribution < 1.29 is 14.7 Å². The zero-order chi connectivity index (χ0) is 24.9. The van der Waals surface area contributed by atoms with E-state index in [1.807, 2.05) is 0 Å². The van der Waals surface area contributed by atoms with Gasteiger partial charge in [-0.1, -0.05) is 27.2 Å². The molecular formula is C23H30N8O3. The third-order valence-electron chi connectivity index (χ3n) is 5.14. The molecule has 0 radical (unpaired) electrons. The summed E-state index contributed by atoms with van der Waals surface area (Å²) in [5.74, 6) is -1.27. The maximum Gasteiger partial charge on any atom is 0.326 e. The van der Waals surface area contributed by atoms with Crippen molar-refractivity contribution in [3.63, 3.8) is 0 Å². The normalized spacial score (nSPS) is 12.3. The van der Waals surface area contributed by atoms with Crippen LogP contribution in [0, 0.1) is 5.41 Å². The molecule has 7 N–H and O–H groups in total. The number of carboxylic acids is 1. The molecule has 0 saturated carbocycles. The van der Waals surface area contributed by atoms with E-state index in [4.69, 9.17) is 11.5 Å². The maximum atomic E-state index is 12.5. The van der Waals surface area contributed by atoms with Crippen LogP contribution in [0.25, 0.3) is 11.2 Å². The molecule has 0 aliphatic heterocycles. The summed E-state index contributed by atoms with van der Waals surface area (Å²) < 4.78 is 0. The lowest BCUT2D eigenvalue weighted by Gasteiger charge is -2.20. The van der Waals surface area contributed by atoms with Gasteiger partial charge in [-0.15, -0.1) is 0 Å². The van der Waals surface area contributed by atoms with Crippen molar-refractivity contribution in [3.05, 3.63) is 41.7 Å². The molecule has 3 rings (SSSR count). The SMILES string of the molecule is CC(C)(C)CCC[C@H](NC(=O)c1ccc(NCc2cnc3nc(N)nc(N)c3n2)cc1)C(=O)O. The van der Waals surface area contributed by atoms with Crippen molar-refractivity contribution in [2.45, 2.75) is 52.6 Å². The summed E-state index contributed by atoms with van der Waals surface area (Å²) in [6.07, 6.45) is 3.54. The van der Waals surface area contributed by atoms with E-state index in [1.54, 1.807) is 30.5 Å². The molecule has 0 fully saturated rings. The summed E-state index contributed by atoms with van der Waals surface area (Å²) >= 11 is 0. The Hall–Kier alpha value is -4.02. The number of nitrogens with zero attached hydrogens (tertiary/aromatic N) is 4. The van der Waals surface area contributed by atoms with Gasteiger partial charge in [0.15, 0.2) is 17.0 Å². The van der Waals surface area contributed by atoms with Gasteiger partial charge in [-0.05, 0) is 42.5 Å². The van der Waals surface area contributed by atoms with E-state index in [9.17, 15) is 14.7 Å². The second-order valence-electron chi connectivity index (χ2n) is 9.25. The van der Waals surface area contributed by atoms with Gasteiger partial charge in [-0.2, -0.15) is 9.97 Å². The summed E-state index contributed by atoms with van der Waals surface area (Å²) in [6.45, 7) is 6.66. The zero-order valence-corrected chi connectivity index (χ0v) is 19.5. The van der Waals surface area contributed by atoms with E-state index in [1.165, 1.54) is 0 Å². The Balaban J connectivity index is 1.58. The predicted octanol–water partition coefficient (Wildman–Crippen LogP) is 2.60. The molecule has 0 spiro atoms. The number of amides is 1. The minimum absolute atomic E-state index is 0.0360. The van der Waals surface area contributed by atoms with Crippen LogP contribution >= 0.6 is 0 Å². The van der Waals surface area contributed by atoms with E-state index in [2.05, 4.69) is 51.3 Å². The van der Waals surface area contributed by atoms with Gasteiger partial charge < -0.3 is 27.2 Å². The first-order valence-electron chi connectivity index (χ1n) is 10.9. The number of nitrogens with one attached hydrogen (secondary N) is 2. The number of aliphatic carboxylic acids is 1. The Morgan fingerprint density at radius 1 is 1.09 bits per heavy atom. The fourth-order valence-electron chi connectivity index (χ4n) is 3.34. The first-order chi connectivity index (χ1) is 16.0.